The van der Waals surface area contributed by atoms with Crippen LogP contribution in [0, 0.1) is 13.8 Å². The molecule has 0 aliphatic heterocycles. The number of ether oxygens (including phenoxy) is 1. The Labute approximate surface area is 187 Å². The van der Waals surface area contributed by atoms with E-state index in [1.54, 1.807) is 18.7 Å². The SMILES string of the molecule is C=C(c1cc(C)c(C)c(OC)c1)c1ccc2c(c1)c1cc(/C=C/C(=O)NO)ccc1n2C. The van der Waals surface area contributed by atoms with Gasteiger partial charge < -0.3 is 9.30 Å². The van der Waals surface area contributed by atoms with Gasteiger partial charge in [0.2, 0.25) is 0 Å². The van der Waals surface area contributed by atoms with Gasteiger partial charge in [-0.15, -0.1) is 0 Å². The number of carbonyl (C=O) groups excluding carboxylic acids is 1. The van der Waals surface area contributed by atoms with Crippen LogP contribution in [0.5, 0.6) is 5.75 Å². The van der Waals surface area contributed by atoms with Crippen molar-refractivity contribution in [2.24, 2.45) is 7.05 Å². The van der Waals surface area contributed by atoms with Gasteiger partial charge >= 0.3 is 0 Å². The minimum absolute atomic E-state index is 0.564. The van der Waals surface area contributed by atoms with E-state index in [1.807, 2.05) is 31.3 Å². The smallest absolute Gasteiger partial charge is 0.267 e. The van der Waals surface area contributed by atoms with E-state index in [0.717, 1.165) is 60.9 Å². The van der Waals surface area contributed by atoms with Gasteiger partial charge in [0, 0.05) is 34.9 Å². The van der Waals surface area contributed by atoms with Crippen LogP contribution in [-0.4, -0.2) is 22.8 Å². The van der Waals surface area contributed by atoms with Crippen molar-refractivity contribution in [3.8, 4) is 5.75 Å². The molecule has 1 heterocycles. The number of hydroxylamine groups is 1. The predicted molar refractivity (Wildman–Crippen MR) is 130 cm³/mol. The second-order valence-corrected chi connectivity index (χ2v) is 7.98. The maximum atomic E-state index is 11.3. The molecule has 0 radical (unpaired) electrons. The Morgan fingerprint density at radius 3 is 2.41 bits per heavy atom. The molecule has 0 fully saturated rings. The fourth-order valence-corrected chi connectivity index (χ4v) is 4.12. The van der Waals surface area contributed by atoms with Crippen molar-refractivity contribution in [1.29, 1.82) is 0 Å². The molecule has 3 aromatic carbocycles. The molecule has 0 atom stereocenters. The topological polar surface area (TPSA) is 63.5 Å². The summed E-state index contributed by atoms with van der Waals surface area (Å²) in [6, 6.07) is 16.6. The van der Waals surface area contributed by atoms with Crippen molar-refractivity contribution < 1.29 is 14.7 Å². The number of nitrogens with one attached hydrogen (secondary N) is 1. The zero-order valence-corrected chi connectivity index (χ0v) is 18.7. The number of rotatable bonds is 5. The molecule has 0 unspecified atom stereocenters. The van der Waals surface area contributed by atoms with Crippen LogP contribution >= 0.6 is 0 Å². The summed E-state index contributed by atoms with van der Waals surface area (Å²) >= 11 is 0. The highest BCUT2D eigenvalue weighted by Gasteiger charge is 2.13. The Hall–Kier alpha value is -3.83. The molecule has 0 saturated carbocycles. The van der Waals surface area contributed by atoms with Gasteiger partial charge in [0.15, 0.2) is 0 Å². The van der Waals surface area contributed by atoms with Gasteiger partial charge in [-0.3, -0.25) is 10.0 Å². The van der Waals surface area contributed by atoms with Gasteiger partial charge in [0.25, 0.3) is 5.91 Å². The van der Waals surface area contributed by atoms with E-state index in [9.17, 15) is 4.79 Å². The van der Waals surface area contributed by atoms with Crippen LogP contribution in [0.3, 0.4) is 0 Å². The van der Waals surface area contributed by atoms with Gasteiger partial charge in [-0.25, -0.2) is 5.48 Å². The lowest BCUT2D eigenvalue weighted by atomic mass is 9.94. The summed E-state index contributed by atoms with van der Waals surface area (Å²) in [7, 11) is 3.73. The highest BCUT2D eigenvalue weighted by Crippen LogP contribution is 2.34. The monoisotopic (exact) mass is 426 g/mol. The molecule has 0 spiro atoms. The summed E-state index contributed by atoms with van der Waals surface area (Å²) < 4.78 is 7.71. The van der Waals surface area contributed by atoms with Crippen molar-refractivity contribution >= 4 is 39.4 Å². The van der Waals surface area contributed by atoms with Crippen molar-refractivity contribution in [1.82, 2.24) is 10.0 Å². The fraction of sp³-hybridized carbons (Fsp3) is 0.148. The molecule has 4 rings (SSSR count). The molecular weight excluding hydrogens is 400 g/mol. The van der Waals surface area contributed by atoms with Crippen molar-refractivity contribution in [3.63, 3.8) is 0 Å². The fourth-order valence-electron chi connectivity index (χ4n) is 4.12. The number of aromatic nitrogens is 1. The first-order chi connectivity index (χ1) is 15.3. The minimum atomic E-state index is -0.564. The highest BCUT2D eigenvalue weighted by molar-refractivity contribution is 6.10. The third-order valence-corrected chi connectivity index (χ3v) is 6.10. The van der Waals surface area contributed by atoms with Crippen molar-refractivity contribution in [2.45, 2.75) is 13.8 Å². The molecule has 162 valence electrons. The number of aryl methyl sites for hydroxylation is 2. The van der Waals surface area contributed by atoms with E-state index in [0.29, 0.717) is 0 Å². The van der Waals surface area contributed by atoms with Gasteiger partial charge in [-0.05, 0) is 83.6 Å². The first-order valence-electron chi connectivity index (χ1n) is 10.3. The lowest BCUT2D eigenvalue weighted by Gasteiger charge is -2.13. The molecule has 2 N–H and O–H groups in total. The van der Waals surface area contributed by atoms with E-state index in [1.165, 1.54) is 6.08 Å². The molecule has 4 aromatic rings. The number of hydrogen-bond donors (Lipinski definition) is 2. The van der Waals surface area contributed by atoms with Crippen LogP contribution < -0.4 is 10.2 Å². The van der Waals surface area contributed by atoms with Crippen molar-refractivity contribution in [2.75, 3.05) is 7.11 Å². The highest BCUT2D eigenvalue weighted by atomic mass is 16.5. The number of carbonyl (C=O) groups is 1. The molecule has 1 aromatic heterocycles. The van der Waals surface area contributed by atoms with Crippen LogP contribution in [0.15, 0.2) is 61.2 Å². The quantitative estimate of drug-likeness (QED) is 0.250. The Morgan fingerprint density at radius 2 is 1.72 bits per heavy atom. The van der Waals surface area contributed by atoms with Crippen LogP contribution in [0.1, 0.15) is 27.8 Å². The third kappa shape index (κ3) is 3.67. The number of hydrogen-bond acceptors (Lipinski definition) is 3. The number of fused-ring (bicyclic) bond motifs is 3. The number of nitrogens with zero attached hydrogens (tertiary/aromatic N) is 1. The predicted octanol–water partition coefficient (Wildman–Crippen LogP) is 5.54. The molecule has 0 saturated heterocycles. The van der Waals surface area contributed by atoms with Gasteiger partial charge in [-0.1, -0.05) is 24.8 Å². The average molecular weight is 427 g/mol. The van der Waals surface area contributed by atoms with E-state index in [2.05, 4.69) is 49.3 Å². The Balaban J connectivity index is 1.83. The summed E-state index contributed by atoms with van der Waals surface area (Å²) in [6.07, 6.45) is 2.97. The van der Waals surface area contributed by atoms with E-state index in [-0.39, 0.29) is 0 Å². The van der Waals surface area contributed by atoms with E-state index < -0.39 is 5.91 Å². The summed E-state index contributed by atoms with van der Waals surface area (Å²) in [6.45, 7) is 8.50. The van der Waals surface area contributed by atoms with Crippen LogP contribution in [-0.2, 0) is 11.8 Å². The maximum Gasteiger partial charge on any atom is 0.267 e. The number of methoxy groups -OCH3 is 1. The average Bonchev–Trinajstić information content (AvgIpc) is 3.09. The zero-order valence-electron chi connectivity index (χ0n) is 18.7. The number of benzene rings is 3. The standard InChI is InChI=1S/C27H26N2O3/c1-16-12-21(15-26(32-5)17(16)2)18(3)20-8-10-25-23(14-20)22-13-19(7-11-27(30)28-31)6-9-24(22)29(25)4/h6-15,31H,3H2,1-2,4-5H3,(H,28,30)/b11-7+. The molecule has 0 aliphatic carbocycles. The molecular formula is C27H26N2O3. The van der Waals surface area contributed by atoms with Crippen LogP contribution in [0.2, 0.25) is 0 Å². The first kappa shape index (κ1) is 21.4. The summed E-state index contributed by atoms with van der Waals surface area (Å²) in [5.74, 6) is 0.293. The van der Waals surface area contributed by atoms with E-state index in [4.69, 9.17) is 9.94 Å². The summed E-state index contributed by atoms with van der Waals surface area (Å²) in [5.41, 5.74) is 9.98. The largest absolute Gasteiger partial charge is 0.496 e. The molecule has 32 heavy (non-hydrogen) atoms. The normalized spacial score (nSPS) is 11.4. The molecule has 1 amide bonds. The van der Waals surface area contributed by atoms with Crippen molar-refractivity contribution in [3.05, 3.63) is 89.0 Å². The molecule has 0 bridgehead atoms. The van der Waals surface area contributed by atoms with Gasteiger partial charge in [0.1, 0.15) is 5.75 Å². The molecule has 0 aliphatic rings. The maximum absolute atomic E-state index is 11.3. The summed E-state index contributed by atoms with van der Waals surface area (Å²) in [5, 5.41) is 10.9. The second kappa shape index (κ2) is 8.36. The Morgan fingerprint density at radius 1 is 1.03 bits per heavy atom. The third-order valence-electron chi connectivity index (χ3n) is 6.10. The second-order valence-electron chi connectivity index (χ2n) is 7.98. The minimum Gasteiger partial charge on any atom is -0.496 e. The van der Waals surface area contributed by atoms with Gasteiger partial charge in [-0.2, -0.15) is 0 Å². The van der Waals surface area contributed by atoms with Gasteiger partial charge in [0.05, 0.1) is 7.11 Å². The first-order valence-corrected chi connectivity index (χ1v) is 10.3. The lowest BCUT2D eigenvalue weighted by molar-refractivity contribution is -0.124. The number of amides is 1. The zero-order chi connectivity index (χ0) is 23.0. The lowest BCUT2D eigenvalue weighted by Crippen LogP contribution is -2.14. The van der Waals surface area contributed by atoms with Crippen LogP contribution in [0.4, 0.5) is 0 Å². The molecule has 5 nitrogen and oxygen atoms in total. The summed E-state index contributed by atoms with van der Waals surface area (Å²) in [4.78, 5) is 11.3. The molecule has 5 heteroatoms. The van der Waals surface area contributed by atoms with Crippen LogP contribution in [0.25, 0.3) is 33.5 Å². The Bertz CT molecular complexity index is 1410. The Kier molecular flexibility index (Phi) is 5.59. The van der Waals surface area contributed by atoms with E-state index >= 15 is 0 Å².